The molecule has 0 aliphatic carbocycles. The Morgan fingerprint density at radius 3 is 2.62 bits per heavy atom. The number of unbranched alkanes of at least 4 members (excludes halogenated alkanes) is 1. The van der Waals surface area contributed by atoms with Gasteiger partial charge in [-0.2, -0.15) is 4.98 Å². The van der Waals surface area contributed by atoms with E-state index in [9.17, 15) is 4.79 Å². The Hall–Kier alpha value is -3.04. The van der Waals surface area contributed by atoms with E-state index in [-0.39, 0.29) is 11.8 Å². The standard InChI is InChI=1S/C24H25ClN4O4S/c1-5-6-11-34-24-26-22-21(27-28-24)15-9-7-8-10-18(15)29(14(2)30)23(33-22)16-12-19(31-3)20(32-4)13-17(16)25/h7-10,12-13,23H,5-6,11H2,1-4H3/t23-/m1/s1. The highest BCUT2D eigenvalue weighted by molar-refractivity contribution is 7.99. The third-order valence-electron chi connectivity index (χ3n) is 5.35. The third-order valence-corrected chi connectivity index (χ3v) is 6.60. The number of ether oxygens (including phenoxy) is 3. The molecule has 2 heterocycles. The van der Waals surface area contributed by atoms with Crippen LogP contribution in [0.4, 0.5) is 5.69 Å². The smallest absolute Gasteiger partial charge is 0.247 e. The van der Waals surface area contributed by atoms with Gasteiger partial charge in [-0.3, -0.25) is 9.69 Å². The zero-order chi connectivity index (χ0) is 24.2. The molecule has 1 amide bonds. The maximum atomic E-state index is 13.0. The van der Waals surface area contributed by atoms with Crippen molar-refractivity contribution >= 4 is 35.0 Å². The number of thioether (sulfide) groups is 1. The molecule has 4 rings (SSSR count). The van der Waals surface area contributed by atoms with Crippen LogP contribution in [0.15, 0.2) is 41.6 Å². The lowest BCUT2D eigenvalue weighted by Gasteiger charge is -2.30. The van der Waals surface area contributed by atoms with Crippen LogP contribution in [-0.4, -0.2) is 41.1 Å². The van der Waals surface area contributed by atoms with Crippen LogP contribution >= 0.6 is 23.4 Å². The first-order valence-corrected chi connectivity index (χ1v) is 12.2. The molecule has 0 radical (unpaired) electrons. The number of amides is 1. The zero-order valence-corrected chi connectivity index (χ0v) is 20.9. The molecule has 178 valence electrons. The summed E-state index contributed by atoms with van der Waals surface area (Å²) in [5, 5.41) is 9.59. The van der Waals surface area contributed by atoms with Crippen LogP contribution < -0.4 is 19.1 Å². The van der Waals surface area contributed by atoms with Gasteiger partial charge in [0, 0.05) is 29.9 Å². The van der Waals surface area contributed by atoms with E-state index in [0.717, 1.165) is 18.6 Å². The monoisotopic (exact) mass is 500 g/mol. The number of fused-ring (bicyclic) bond motifs is 3. The summed E-state index contributed by atoms with van der Waals surface area (Å²) in [7, 11) is 3.07. The average molecular weight is 501 g/mol. The minimum atomic E-state index is -0.919. The normalized spacial score (nSPS) is 14.5. The predicted molar refractivity (Wildman–Crippen MR) is 132 cm³/mol. The van der Waals surface area contributed by atoms with Crippen molar-refractivity contribution in [1.82, 2.24) is 15.2 Å². The number of rotatable bonds is 7. The van der Waals surface area contributed by atoms with E-state index < -0.39 is 6.23 Å². The molecular weight excluding hydrogens is 476 g/mol. The molecule has 10 heteroatoms. The number of carbonyl (C=O) groups excluding carboxylic acids is 1. The third kappa shape index (κ3) is 4.63. The fourth-order valence-electron chi connectivity index (χ4n) is 3.68. The number of halogens is 1. The molecule has 0 bridgehead atoms. The molecule has 1 aliphatic heterocycles. The molecule has 2 aromatic carbocycles. The molecule has 34 heavy (non-hydrogen) atoms. The van der Waals surface area contributed by atoms with Crippen molar-refractivity contribution in [2.75, 3.05) is 24.9 Å². The van der Waals surface area contributed by atoms with Gasteiger partial charge in [0.2, 0.25) is 23.2 Å². The van der Waals surface area contributed by atoms with E-state index >= 15 is 0 Å². The largest absolute Gasteiger partial charge is 0.493 e. The van der Waals surface area contributed by atoms with Gasteiger partial charge in [-0.1, -0.05) is 54.9 Å². The highest BCUT2D eigenvalue weighted by Gasteiger charge is 2.36. The lowest BCUT2D eigenvalue weighted by molar-refractivity contribution is -0.118. The Morgan fingerprint density at radius 1 is 1.18 bits per heavy atom. The molecule has 0 saturated heterocycles. The number of nitrogens with zero attached hydrogens (tertiary/aromatic N) is 4. The Labute approximate surface area is 207 Å². The highest BCUT2D eigenvalue weighted by Crippen LogP contribution is 2.46. The summed E-state index contributed by atoms with van der Waals surface area (Å²) < 4.78 is 17.2. The van der Waals surface area contributed by atoms with Gasteiger partial charge < -0.3 is 14.2 Å². The van der Waals surface area contributed by atoms with Crippen LogP contribution in [0, 0.1) is 0 Å². The number of hydrogen-bond donors (Lipinski definition) is 0. The van der Waals surface area contributed by atoms with E-state index in [1.165, 1.54) is 37.8 Å². The van der Waals surface area contributed by atoms with Crippen molar-refractivity contribution in [3.05, 3.63) is 47.0 Å². The van der Waals surface area contributed by atoms with E-state index in [1.54, 1.807) is 12.1 Å². The first-order valence-electron chi connectivity index (χ1n) is 10.8. The maximum absolute atomic E-state index is 13.0. The van der Waals surface area contributed by atoms with Crippen molar-refractivity contribution in [3.63, 3.8) is 0 Å². The SMILES string of the molecule is CCCCSc1nnc2c(n1)O[C@H](c1cc(OC)c(OC)cc1Cl)N(C(C)=O)c1ccccc1-2. The van der Waals surface area contributed by atoms with Crippen LogP contribution in [0.2, 0.25) is 5.02 Å². The first kappa shape index (κ1) is 24.1. The summed E-state index contributed by atoms with van der Waals surface area (Å²) in [5.74, 6) is 1.85. The van der Waals surface area contributed by atoms with Crippen molar-refractivity contribution in [2.24, 2.45) is 0 Å². The molecule has 0 unspecified atom stereocenters. The molecule has 0 fully saturated rings. The summed E-state index contributed by atoms with van der Waals surface area (Å²) >= 11 is 8.17. The fraction of sp³-hybridized carbons (Fsp3) is 0.333. The van der Waals surface area contributed by atoms with Crippen LogP contribution in [0.25, 0.3) is 11.3 Å². The highest BCUT2D eigenvalue weighted by atomic mass is 35.5. The minimum Gasteiger partial charge on any atom is -0.493 e. The van der Waals surface area contributed by atoms with Gasteiger partial charge in [0.05, 0.1) is 24.9 Å². The Bertz CT molecular complexity index is 1210. The first-order chi connectivity index (χ1) is 16.5. The lowest BCUT2D eigenvalue weighted by Crippen LogP contribution is -2.36. The van der Waals surface area contributed by atoms with Crippen molar-refractivity contribution in [3.8, 4) is 28.6 Å². The second kappa shape index (κ2) is 10.5. The fourth-order valence-corrected chi connectivity index (χ4v) is 4.79. The average Bonchev–Trinajstić information content (AvgIpc) is 2.98. The van der Waals surface area contributed by atoms with Crippen LogP contribution in [0.3, 0.4) is 0 Å². The molecule has 0 saturated carbocycles. The summed E-state index contributed by atoms with van der Waals surface area (Å²) in [4.78, 5) is 19.2. The Morgan fingerprint density at radius 2 is 1.91 bits per heavy atom. The van der Waals surface area contributed by atoms with E-state index in [2.05, 4.69) is 22.1 Å². The van der Waals surface area contributed by atoms with Gasteiger partial charge in [0.1, 0.15) is 0 Å². The number of carbonyl (C=O) groups is 1. The molecule has 1 aliphatic rings. The van der Waals surface area contributed by atoms with Crippen molar-refractivity contribution in [2.45, 2.75) is 38.1 Å². The zero-order valence-electron chi connectivity index (χ0n) is 19.4. The van der Waals surface area contributed by atoms with Crippen molar-refractivity contribution in [1.29, 1.82) is 0 Å². The van der Waals surface area contributed by atoms with Gasteiger partial charge in [-0.25, -0.2) is 0 Å². The quantitative estimate of drug-likeness (QED) is 0.308. The van der Waals surface area contributed by atoms with Crippen LogP contribution in [0.1, 0.15) is 38.5 Å². The molecule has 1 aromatic heterocycles. The molecule has 8 nitrogen and oxygen atoms in total. The molecule has 0 N–H and O–H groups in total. The number of benzene rings is 2. The summed E-state index contributed by atoms with van der Waals surface area (Å²) in [6, 6.07) is 10.8. The topological polar surface area (TPSA) is 86.7 Å². The molecular formula is C24H25ClN4O4S. The summed E-state index contributed by atoms with van der Waals surface area (Å²) in [6.45, 7) is 3.60. The van der Waals surface area contributed by atoms with Crippen molar-refractivity contribution < 1.29 is 19.0 Å². The summed E-state index contributed by atoms with van der Waals surface area (Å²) in [6.07, 6.45) is 1.19. The second-order valence-electron chi connectivity index (χ2n) is 7.56. The number of hydrogen-bond acceptors (Lipinski definition) is 8. The predicted octanol–water partition coefficient (Wildman–Crippen LogP) is 5.55. The number of aromatic nitrogens is 3. The van der Waals surface area contributed by atoms with Crippen LogP contribution in [0.5, 0.6) is 17.4 Å². The number of para-hydroxylation sites is 1. The number of methoxy groups -OCH3 is 2. The van der Waals surface area contributed by atoms with E-state index in [4.69, 9.17) is 25.8 Å². The number of anilines is 1. The van der Waals surface area contributed by atoms with Gasteiger partial charge in [-0.05, 0) is 18.6 Å². The molecule has 3 aromatic rings. The van der Waals surface area contributed by atoms with Gasteiger partial charge >= 0.3 is 0 Å². The minimum absolute atomic E-state index is 0.235. The van der Waals surface area contributed by atoms with Gasteiger partial charge in [0.25, 0.3) is 0 Å². The Kier molecular flexibility index (Phi) is 7.43. The van der Waals surface area contributed by atoms with E-state index in [0.29, 0.717) is 44.2 Å². The molecule has 0 spiro atoms. The maximum Gasteiger partial charge on any atom is 0.247 e. The Balaban J connectivity index is 1.90. The van der Waals surface area contributed by atoms with Gasteiger partial charge in [-0.15, -0.1) is 10.2 Å². The van der Waals surface area contributed by atoms with E-state index in [1.807, 2.05) is 24.3 Å². The second-order valence-corrected chi connectivity index (χ2v) is 9.02. The van der Waals surface area contributed by atoms with Gasteiger partial charge in [0.15, 0.2) is 17.2 Å². The lowest BCUT2D eigenvalue weighted by atomic mass is 10.1. The van der Waals surface area contributed by atoms with Crippen LogP contribution in [-0.2, 0) is 4.79 Å². The summed E-state index contributed by atoms with van der Waals surface area (Å²) in [5.41, 5.74) is 2.29. The molecule has 1 atom stereocenters.